The fourth-order valence-electron chi connectivity index (χ4n) is 2.15. The van der Waals surface area contributed by atoms with Crippen molar-refractivity contribution in [1.82, 2.24) is 4.98 Å². The minimum atomic E-state index is 0.643. The summed E-state index contributed by atoms with van der Waals surface area (Å²) in [6.45, 7) is 0. The van der Waals surface area contributed by atoms with E-state index in [0.717, 1.165) is 28.0 Å². The fourth-order valence-corrected chi connectivity index (χ4v) is 2.15. The van der Waals surface area contributed by atoms with E-state index in [2.05, 4.69) is 16.4 Å². The molecular formula is C17H13N3O. The number of nitrogens with one attached hydrogen (secondary N) is 1. The van der Waals surface area contributed by atoms with Crippen molar-refractivity contribution < 1.29 is 4.74 Å². The van der Waals surface area contributed by atoms with E-state index in [9.17, 15) is 0 Å². The van der Waals surface area contributed by atoms with Crippen molar-refractivity contribution in [3.63, 3.8) is 0 Å². The molecule has 0 aliphatic carbocycles. The number of rotatable bonds is 3. The van der Waals surface area contributed by atoms with Crippen molar-refractivity contribution in [2.45, 2.75) is 0 Å². The summed E-state index contributed by atoms with van der Waals surface area (Å²) in [6.07, 6.45) is 1.76. The first-order valence-corrected chi connectivity index (χ1v) is 6.50. The van der Waals surface area contributed by atoms with Gasteiger partial charge in [-0.05, 0) is 42.5 Å². The van der Waals surface area contributed by atoms with Crippen molar-refractivity contribution in [3.8, 4) is 11.8 Å². The SMILES string of the molecule is COc1ccc2c(Nc3ccc(C#N)cc3)ccnc2c1. The number of methoxy groups -OCH3 is 1. The number of benzene rings is 2. The number of nitrogens with zero attached hydrogens (tertiary/aromatic N) is 2. The fraction of sp³-hybridized carbons (Fsp3) is 0.0588. The van der Waals surface area contributed by atoms with E-state index in [-0.39, 0.29) is 0 Å². The number of pyridine rings is 1. The number of hydrogen-bond acceptors (Lipinski definition) is 4. The molecule has 0 atom stereocenters. The Kier molecular flexibility index (Phi) is 3.40. The first-order chi connectivity index (χ1) is 10.3. The molecule has 2 aromatic carbocycles. The summed E-state index contributed by atoms with van der Waals surface area (Å²) in [7, 11) is 1.64. The van der Waals surface area contributed by atoms with Gasteiger partial charge in [-0.1, -0.05) is 0 Å². The zero-order valence-corrected chi connectivity index (χ0v) is 11.5. The summed E-state index contributed by atoms with van der Waals surface area (Å²) in [5, 5.41) is 13.2. The van der Waals surface area contributed by atoms with Crippen LogP contribution in [-0.4, -0.2) is 12.1 Å². The molecule has 4 nitrogen and oxygen atoms in total. The molecule has 0 aliphatic rings. The summed E-state index contributed by atoms with van der Waals surface area (Å²) < 4.78 is 5.21. The van der Waals surface area contributed by atoms with Gasteiger partial charge in [0, 0.05) is 29.0 Å². The van der Waals surface area contributed by atoms with Gasteiger partial charge < -0.3 is 10.1 Å². The van der Waals surface area contributed by atoms with Gasteiger partial charge in [-0.15, -0.1) is 0 Å². The molecule has 1 N–H and O–H groups in total. The first kappa shape index (κ1) is 12.9. The lowest BCUT2D eigenvalue weighted by Crippen LogP contribution is -1.93. The lowest BCUT2D eigenvalue weighted by atomic mass is 10.1. The standard InChI is InChI=1S/C17H13N3O/c1-21-14-6-7-15-16(8-9-19-17(15)10-14)20-13-4-2-12(11-18)3-5-13/h2-10H,1H3,(H,19,20). The Morgan fingerprint density at radius 2 is 1.90 bits per heavy atom. The van der Waals surface area contributed by atoms with Crippen LogP contribution in [0.15, 0.2) is 54.7 Å². The summed E-state index contributed by atoms with van der Waals surface area (Å²) in [5.74, 6) is 0.783. The van der Waals surface area contributed by atoms with Crippen LogP contribution < -0.4 is 10.1 Å². The third-order valence-electron chi connectivity index (χ3n) is 3.24. The van der Waals surface area contributed by atoms with E-state index in [1.807, 2.05) is 36.4 Å². The maximum Gasteiger partial charge on any atom is 0.121 e. The normalized spacial score (nSPS) is 10.1. The van der Waals surface area contributed by atoms with Crippen LogP contribution >= 0.6 is 0 Å². The zero-order chi connectivity index (χ0) is 14.7. The maximum atomic E-state index is 8.82. The number of hydrogen-bond donors (Lipinski definition) is 1. The minimum Gasteiger partial charge on any atom is -0.497 e. The quantitative estimate of drug-likeness (QED) is 0.788. The average molecular weight is 275 g/mol. The highest BCUT2D eigenvalue weighted by atomic mass is 16.5. The second kappa shape index (κ2) is 5.51. The van der Waals surface area contributed by atoms with Gasteiger partial charge in [0.05, 0.1) is 24.3 Å². The molecule has 1 aromatic heterocycles. The highest BCUT2D eigenvalue weighted by molar-refractivity contribution is 5.93. The monoisotopic (exact) mass is 275 g/mol. The predicted octanol–water partition coefficient (Wildman–Crippen LogP) is 3.86. The van der Waals surface area contributed by atoms with Gasteiger partial charge in [0.2, 0.25) is 0 Å². The van der Waals surface area contributed by atoms with Crippen LogP contribution in [0.3, 0.4) is 0 Å². The van der Waals surface area contributed by atoms with Crippen LogP contribution in [0.2, 0.25) is 0 Å². The number of aromatic nitrogens is 1. The summed E-state index contributed by atoms with van der Waals surface area (Å²) in [6, 6.07) is 17.2. The molecule has 0 amide bonds. The molecular weight excluding hydrogens is 262 g/mol. The molecule has 4 heteroatoms. The van der Waals surface area contributed by atoms with Gasteiger partial charge >= 0.3 is 0 Å². The van der Waals surface area contributed by atoms with Crippen LogP contribution in [0.4, 0.5) is 11.4 Å². The molecule has 0 aliphatic heterocycles. The molecule has 21 heavy (non-hydrogen) atoms. The Morgan fingerprint density at radius 3 is 2.62 bits per heavy atom. The molecule has 0 unspecified atom stereocenters. The second-order valence-electron chi connectivity index (χ2n) is 4.56. The van der Waals surface area contributed by atoms with Crippen LogP contribution in [0, 0.1) is 11.3 Å². The van der Waals surface area contributed by atoms with Crippen molar-refractivity contribution >= 4 is 22.3 Å². The van der Waals surface area contributed by atoms with Gasteiger partial charge in [-0.2, -0.15) is 5.26 Å². The topological polar surface area (TPSA) is 57.9 Å². The van der Waals surface area contributed by atoms with Gasteiger partial charge in [-0.3, -0.25) is 4.98 Å². The van der Waals surface area contributed by atoms with E-state index in [1.54, 1.807) is 25.4 Å². The molecule has 0 saturated heterocycles. The summed E-state index contributed by atoms with van der Waals surface area (Å²) >= 11 is 0. The summed E-state index contributed by atoms with van der Waals surface area (Å²) in [4.78, 5) is 4.36. The molecule has 1 heterocycles. The molecule has 0 spiro atoms. The third-order valence-corrected chi connectivity index (χ3v) is 3.24. The Morgan fingerprint density at radius 1 is 1.10 bits per heavy atom. The molecule has 102 valence electrons. The van der Waals surface area contributed by atoms with Crippen molar-refractivity contribution in [2.24, 2.45) is 0 Å². The van der Waals surface area contributed by atoms with E-state index in [4.69, 9.17) is 10.00 Å². The Hall–Kier alpha value is -3.06. The molecule has 0 bridgehead atoms. The van der Waals surface area contributed by atoms with Crippen LogP contribution in [-0.2, 0) is 0 Å². The zero-order valence-electron chi connectivity index (χ0n) is 11.5. The average Bonchev–Trinajstić information content (AvgIpc) is 2.55. The van der Waals surface area contributed by atoms with Crippen molar-refractivity contribution in [1.29, 1.82) is 5.26 Å². The molecule has 0 radical (unpaired) electrons. The molecule has 0 fully saturated rings. The Labute approximate surface area is 122 Å². The summed E-state index contributed by atoms with van der Waals surface area (Å²) in [5.41, 5.74) is 3.41. The second-order valence-corrected chi connectivity index (χ2v) is 4.56. The number of nitriles is 1. The largest absolute Gasteiger partial charge is 0.497 e. The molecule has 0 saturated carbocycles. The van der Waals surface area contributed by atoms with E-state index in [0.29, 0.717) is 5.56 Å². The number of anilines is 2. The number of ether oxygens (including phenoxy) is 1. The van der Waals surface area contributed by atoms with E-state index >= 15 is 0 Å². The van der Waals surface area contributed by atoms with Gasteiger partial charge in [0.15, 0.2) is 0 Å². The van der Waals surface area contributed by atoms with E-state index < -0.39 is 0 Å². The lowest BCUT2D eigenvalue weighted by Gasteiger charge is -2.10. The van der Waals surface area contributed by atoms with Crippen molar-refractivity contribution in [2.75, 3.05) is 12.4 Å². The van der Waals surface area contributed by atoms with Crippen LogP contribution in [0.1, 0.15) is 5.56 Å². The first-order valence-electron chi connectivity index (χ1n) is 6.50. The molecule has 3 aromatic rings. The van der Waals surface area contributed by atoms with Crippen molar-refractivity contribution in [3.05, 3.63) is 60.3 Å². The lowest BCUT2D eigenvalue weighted by molar-refractivity contribution is 0.415. The van der Waals surface area contributed by atoms with Crippen LogP contribution in [0.5, 0.6) is 5.75 Å². The highest BCUT2D eigenvalue weighted by Crippen LogP contribution is 2.27. The minimum absolute atomic E-state index is 0.643. The maximum absolute atomic E-state index is 8.82. The smallest absolute Gasteiger partial charge is 0.121 e. The van der Waals surface area contributed by atoms with Gasteiger partial charge in [0.1, 0.15) is 5.75 Å². The number of fused-ring (bicyclic) bond motifs is 1. The third kappa shape index (κ3) is 2.63. The Balaban J connectivity index is 1.98. The Bertz CT molecular complexity index is 820. The van der Waals surface area contributed by atoms with Gasteiger partial charge in [0.25, 0.3) is 0 Å². The predicted molar refractivity (Wildman–Crippen MR) is 82.7 cm³/mol. The van der Waals surface area contributed by atoms with Gasteiger partial charge in [-0.25, -0.2) is 0 Å². The van der Waals surface area contributed by atoms with Crippen LogP contribution in [0.25, 0.3) is 10.9 Å². The highest BCUT2D eigenvalue weighted by Gasteiger charge is 2.04. The van der Waals surface area contributed by atoms with E-state index in [1.165, 1.54) is 0 Å². The molecule has 3 rings (SSSR count).